The van der Waals surface area contributed by atoms with Crippen LogP contribution in [0.4, 0.5) is 0 Å². The fraction of sp³-hybridized carbons (Fsp3) is 0.440. The third-order valence-corrected chi connectivity index (χ3v) is 6.91. The summed E-state index contributed by atoms with van der Waals surface area (Å²) in [5.74, 6) is -0.543. The molecule has 0 radical (unpaired) electrons. The highest BCUT2D eigenvalue weighted by Crippen LogP contribution is 2.36. The van der Waals surface area contributed by atoms with Gasteiger partial charge in [0.15, 0.2) is 0 Å². The van der Waals surface area contributed by atoms with E-state index in [9.17, 15) is 19.2 Å². The number of imide groups is 1. The van der Waals surface area contributed by atoms with Crippen molar-refractivity contribution in [2.45, 2.75) is 45.2 Å². The van der Waals surface area contributed by atoms with Crippen LogP contribution in [0.3, 0.4) is 0 Å². The lowest BCUT2D eigenvalue weighted by Gasteiger charge is -2.44. The van der Waals surface area contributed by atoms with E-state index in [1.54, 1.807) is 36.4 Å². The van der Waals surface area contributed by atoms with Gasteiger partial charge in [0.25, 0.3) is 17.4 Å². The Morgan fingerprint density at radius 1 is 0.938 bits per heavy atom. The quantitative estimate of drug-likeness (QED) is 0.694. The predicted molar refractivity (Wildman–Crippen MR) is 118 cm³/mol. The van der Waals surface area contributed by atoms with Gasteiger partial charge in [-0.15, -0.1) is 0 Å². The Morgan fingerprint density at radius 2 is 1.62 bits per heavy atom. The number of rotatable bonds is 4. The third-order valence-electron chi connectivity index (χ3n) is 6.91. The molecule has 166 valence electrons. The molecule has 3 atom stereocenters. The van der Waals surface area contributed by atoms with Gasteiger partial charge in [-0.3, -0.25) is 24.1 Å². The summed E-state index contributed by atoms with van der Waals surface area (Å²) in [6, 6.07) is 11.3. The van der Waals surface area contributed by atoms with E-state index in [1.165, 1.54) is 4.90 Å². The average molecular weight is 434 g/mol. The number of piperidine rings is 1. The lowest BCUT2D eigenvalue weighted by molar-refractivity contribution is -0.138. The second kappa shape index (κ2) is 7.73. The summed E-state index contributed by atoms with van der Waals surface area (Å²) >= 11 is 0. The molecule has 3 amide bonds. The lowest BCUT2D eigenvalue weighted by atomic mass is 9.82. The van der Waals surface area contributed by atoms with E-state index in [2.05, 4.69) is 0 Å². The van der Waals surface area contributed by atoms with Crippen LogP contribution in [-0.2, 0) is 11.3 Å². The van der Waals surface area contributed by atoms with Gasteiger partial charge in [0.05, 0.1) is 11.1 Å². The van der Waals surface area contributed by atoms with Gasteiger partial charge in [0.2, 0.25) is 5.91 Å². The summed E-state index contributed by atoms with van der Waals surface area (Å²) in [4.78, 5) is 55.3. The van der Waals surface area contributed by atoms with Crippen molar-refractivity contribution in [3.05, 3.63) is 69.6 Å². The van der Waals surface area contributed by atoms with E-state index < -0.39 is 17.9 Å². The maximum Gasteiger partial charge on any atom is 0.262 e. The fourth-order valence-electron chi connectivity index (χ4n) is 5.54. The Kier molecular flexibility index (Phi) is 4.99. The maximum atomic E-state index is 13.8. The number of fused-ring (bicyclic) bond motifs is 5. The van der Waals surface area contributed by atoms with Crippen molar-refractivity contribution in [2.75, 3.05) is 13.1 Å². The number of pyridine rings is 1. The number of carbonyl (C=O) groups excluding carboxylic acids is 3. The van der Waals surface area contributed by atoms with E-state index >= 15 is 0 Å². The molecule has 4 heterocycles. The van der Waals surface area contributed by atoms with Crippen molar-refractivity contribution >= 4 is 17.7 Å². The smallest absolute Gasteiger partial charge is 0.262 e. The molecule has 32 heavy (non-hydrogen) atoms. The number of hydrogen-bond acceptors (Lipinski definition) is 4. The van der Waals surface area contributed by atoms with Crippen molar-refractivity contribution in [3.8, 4) is 0 Å². The Bertz CT molecular complexity index is 1130. The summed E-state index contributed by atoms with van der Waals surface area (Å²) < 4.78 is 1.83. The molecule has 3 aliphatic rings. The molecule has 2 aromatic rings. The summed E-state index contributed by atoms with van der Waals surface area (Å²) in [6.07, 6.45) is 1.36. The largest absolute Gasteiger partial charge is 0.340 e. The molecule has 1 aromatic carbocycles. The molecule has 1 unspecified atom stereocenters. The Labute approximate surface area is 186 Å². The minimum atomic E-state index is -0.820. The summed E-state index contributed by atoms with van der Waals surface area (Å²) in [5.41, 5.74) is 1.69. The molecule has 1 saturated heterocycles. The second-order valence-electron chi connectivity index (χ2n) is 9.61. The van der Waals surface area contributed by atoms with Crippen molar-refractivity contribution in [3.63, 3.8) is 0 Å². The number of likely N-dealkylation sites (tertiary alicyclic amines) is 1. The summed E-state index contributed by atoms with van der Waals surface area (Å²) in [5, 5.41) is 0. The topological polar surface area (TPSA) is 79.7 Å². The SMILES string of the molecule is CC(C)CC(C(=O)N1C[C@@H]2C[C@H](C1)c1cccc(=O)n1C2)N1C(=O)c2ccccc2C1=O. The zero-order valence-corrected chi connectivity index (χ0v) is 18.4. The number of hydrogen-bond donors (Lipinski definition) is 0. The molecule has 0 spiro atoms. The first-order chi connectivity index (χ1) is 15.3. The Balaban J connectivity index is 1.45. The van der Waals surface area contributed by atoms with E-state index in [0.717, 1.165) is 12.1 Å². The highest BCUT2D eigenvalue weighted by molar-refractivity contribution is 6.22. The van der Waals surface area contributed by atoms with Gasteiger partial charge in [0, 0.05) is 37.3 Å². The van der Waals surface area contributed by atoms with E-state index in [1.807, 2.05) is 29.4 Å². The molecular formula is C25H27N3O4. The van der Waals surface area contributed by atoms with Gasteiger partial charge in [-0.1, -0.05) is 32.0 Å². The highest BCUT2D eigenvalue weighted by atomic mass is 16.2. The Hall–Kier alpha value is -3.22. The van der Waals surface area contributed by atoms with Crippen LogP contribution in [0, 0.1) is 11.8 Å². The van der Waals surface area contributed by atoms with Crippen LogP contribution in [-0.4, -0.2) is 51.2 Å². The van der Waals surface area contributed by atoms with Crippen LogP contribution < -0.4 is 5.56 Å². The third kappa shape index (κ3) is 3.27. The standard InChI is InChI=1S/C25H27N3O4/c1-15(2)10-21(28-23(30)18-6-3-4-7-19(18)24(28)31)25(32)26-12-16-11-17(14-26)20-8-5-9-22(29)27(20)13-16/h3-9,15-17,21H,10-14H2,1-2H3/t16-,17+,21?/m0/s1. The van der Waals surface area contributed by atoms with Crippen LogP contribution in [0.25, 0.3) is 0 Å². The molecule has 0 saturated carbocycles. The summed E-state index contributed by atoms with van der Waals surface area (Å²) in [7, 11) is 0. The number of carbonyl (C=O) groups is 3. The van der Waals surface area contributed by atoms with E-state index in [-0.39, 0.29) is 29.2 Å². The predicted octanol–water partition coefficient (Wildman–Crippen LogP) is 2.50. The zero-order valence-electron chi connectivity index (χ0n) is 18.4. The molecule has 1 aromatic heterocycles. The van der Waals surface area contributed by atoms with Crippen molar-refractivity contribution in [1.82, 2.24) is 14.4 Å². The molecule has 0 aliphatic carbocycles. The van der Waals surface area contributed by atoms with Gasteiger partial charge in [0.1, 0.15) is 6.04 Å². The molecule has 2 bridgehead atoms. The maximum absolute atomic E-state index is 13.8. The van der Waals surface area contributed by atoms with Crippen molar-refractivity contribution in [2.24, 2.45) is 11.8 Å². The van der Waals surface area contributed by atoms with E-state index in [0.29, 0.717) is 37.2 Å². The molecule has 0 N–H and O–H groups in total. The highest BCUT2D eigenvalue weighted by Gasteiger charge is 2.45. The van der Waals surface area contributed by atoms with Crippen LogP contribution in [0.5, 0.6) is 0 Å². The van der Waals surface area contributed by atoms with Gasteiger partial charge in [-0.05, 0) is 42.9 Å². The molecule has 7 nitrogen and oxygen atoms in total. The molecule has 3 aliphatic heterocycles. The number of amides is 3. The first-order valence-corrected chi connectivity index (χ1v) is 11.3. The average Bonchev–Trinajstić information content (AvgIpc) is 3.02. The van der Waals surface area contributed by atoms with Gasteiger partial charge < -0.3 is 9.47 Å². The van der Waals surface area contributed by atoms with Gasteiger partial charge >= 0.3 is 0 Å². The van der Waals surface area contributed by atoms with Gasteiger partial charge in [-0.25, -0.2) is 0 Å². The second-order valence-corrected chi connectivity index (χ2v) is 9.61. The monoisotopic (exact) mass is 433 g/mol. The molecule has 1 fully saturated rings. The van der Waals surface area contributed by atoms with Crippen LogP contribution in [0.2, 0.25) is 0 Å². The van der Waals surface area contributed by atoms with Crippen LogP contribution >= 0.6 is 0 Å². The number of nitrogens with zero attached hydrogens (tertiary/aromatic N) is 3. The molecule has 5 rings (SSSR count). The van der Waals surface area contributed by atoms with Crippen LogP contribution in [0.1, 0.15) is 59.0 Å². The Morgan fingerprint density at radius 3 is 2.28 bits per heavy atom. The molecule has 7 heteroatoms. The van der Waals surface area contributed by atoms with Crippen LogP contribution in [0.15, 0.2) is 47.3 Å². The minimum absolute atomic E-state index is 0.000635. The first-order valence-electron chi connectivity index (χ1n) is 11.3. The zero-order chi connectivity index (χ0) is 22.6. The number of benzene rings is 1. The van der Waals surface area contributed by atoms with Gasteiger partial charge in [-0.2, -0.15) is 0 Å². The fourth-order valence-corrected chi connectivity index (χ4v) is 5.54. The molecular weight excluding hydrogens is 406 g/mol. The van der Waals surface area contributed by atoms with E-state index in [4.69, 9.17) is 0 Å². The number of aromatic nitrogens is 1. The minimum Gasteiger partial charge on any atom is -0.340 e. The normalized spacial score (nSPS) is 22.7. The van der Waals surface area contributed by atoms with Crippen molar-refractivity contribution < 1.29 is 14.4 Å². The lowest BCUT2D eigenvalue weighted by Crippen LogP contribution is -2.56. The summed E-state index contributed by atoms with van der Waals surface area (Å²) in [6.45, 7) is 5.61. The first kappa shape index (κ1) is 20.7. The van der Waals surface area contributed by atoms with Crippen molar-refractivity contribution in [1.29, 1.82) is 0 Å².